The first-order valence-electron chi connectivity index (χ1n) is 12.9. The molecule has 8 heteroatoms. The molecule has 1 aromatic heterocycles. The Morgan fingerprint density at radius 2 is 1.83 bits per heavy atom. The molecule has 0 radical (unpaired) electrons. The van der Waals surface area contributed by atoms with E-state index in [1.807, 2.05) is 11.0 Å². The van der Waals surface area contributed by atoms with E-state index in [1.54, 1.807) is 0 Å². The highest BCUT2D eigenvalue weighted by Crippen LogP contribution is 2.23. The van der Waals surface area contributed by atoms with Crippen LogP contribution in [-0.2, 0) is 13.0 Å². The normalized spacial score (nSPS) is 18.6. The first-order valence-corrected chi connectivity index (χ1v) is 12.9. The highest BCUT2D eigenvalue weighted by Gasteiger charge is 2.26. The van der Waals surface area contributed by atoms with Gasteiger partial charge in [0.25, 0.3) is 5.91 Å². The minimum atomic E-state index is -0.303. The zero-order valence-corrected chi connectivity index (χ0v) is 20.9. The van der Waals surface area contributed by atoms with Crippen molar-refractivity contribution in [2.75, 3.05) is 63.8 Å². The molecule has 2 saturated heterocycles. The second kappa shape index (κ2) is 12.3. The molecule has 2 aromatic rings. The summed E-state index contributed by atoms with van der Waals surface area (Å²) in [5.74, 6) is 0.532. The Hall–Kier alpha value is -2.68. The number of anilines is 1. The van der Waals surface area contributed by atoms with E-state index in [0.717, 1.165) is 58.5 Å². The zero-order valence-electron chi connectivity index (χ0n) is 20.9. The number of piperazine rings is 2. The molecule has 0 bridgehead atoms. The van der Waals surface area contributed by atoms with Crippen LogP contribution in [0.2, 0.25) is 0 Å². The summed E-state index contributed by atoms with van der Waals surface area (Å²) in [6, 6.07) is 8.51. The second-order valence-corrected chi connectivity index (χ2v) is 9.48. The number of rotatable bonds is 10. The quantitative estimate of drug-likeness (QED) is 0.523. The predicted molar refractivity (Wildman–Crippen MR) is 138 cm³/mol. The monoisotopic (exact) mass is 481 g/mol. The van der Waals surface area contributed by atoms with Gasteiger partial charge in [-0.2, -0.15) is 0 Å². The summed E-state index contributed by atoms with van der Waals surface area (Å²) >= 11 is 0. The number of hydrogen-bond donors (Lipinski definition) is 1. The molecule has 2 fully saturated rings. The molecule has 0 saturated carbocycles. The van der Waals surface area contributed by atoms with Crippen molar-refractivity contribution in [1.29, 1.82) is 0 Å². The van der Waals surface area contributed by atoms with Crippen molar-refractivity contribution in [3.8, 4) is 0 Å². The molecule has 4 rings (SSSR count). The number of aliphatic hydroxyl groups is 1. The van der Waals surface area contributed by atoms with Gasteiger partial charge < -0.3 is 19.3 Å². The summed E-state index contributed by atoms with van der Waals surface area (Å²) in [6.07, 6.45) is 5.66. The molecule has 2 aliphatic heterocycles. The highest BCUT2D eigenvalue weighted by molar-refractivity contribution is 5.92. The summed E-state index contributed by atoms with van der Waals surface area (Å²) < 4.78 is 5.66. The Kier molecular flexibility index (Phi) is 8.95. The fourth-order valence-electron chi connectivity index (χ4n) is 4.93. The van der Waals surface area contributed by atoms with Crippen LogP contribution in [0.25, 0.3) is 0 Å². The van der Waals surface area contributed by atoms with Crippen molar-refractivity contribution >= 4 is 11.6 Å². The SMILES string of the molecule is C=CCC[C@@H](O)CN1CCN(Cc2nc(C(=O)N3CCN(c4ccccc4CC)CC3)co2)CC1. The maximum absolute atomic E-state index is 13.0. The minimum absolute atomic E-state index is 0.0539. The zero-order chi connectivity index (χ0) is 24.6. The molecule has 1 aromatic carbocycles. The van der Waals surface area contributed by atoms with Crippen molar-refractivity contribution in [3.63, 3.8) is 0 Å². The van der Waals surface area contributed by atoms with Crippen molar-refractivity contribution in [3.05, 3.63) is 60.3 Å². The number of amides is 1. The molecule has 0 aliphatic carbocycles. The second-order valence-electron chi connectivity index (χ2n) is 9.48. The van der Waals surface area contributed by atoms with Gasteiger partial charge in [-0.25, -0.2) is 4.98 Å². The van der Waals surface area contributed by atoms with E-state index in [0.29, 0.717) is 37.8 Å². The number of carbonyl (C=O) groups excluding carboxylic acids is 1. The summed E-state index contributed by atoms with van der Waals surface area (Å²) in [4.78, 5) is 26.4. The number of allylic oxidation sites excluding steroid dienone is 1. The molecule has 0 unspecified atom stereocenters. The summed E-state index contributed by atoms with van der Waals surface area (Å²) in [7, 11) is 0. The van der Waals surface area contributed by atoms with E-state index in [1.165, 1.54) is 17.5 Å². The molecule has 2 aliphatic rings. The van der Waals surface area contributed by atoms with Gasteiger partial charge in [0.05, 0.1) is 12.6 Å². The van der Waals surface area contributed by atoms with Crippen LogP contribution < -0.4 is 4.90 Å². The average Bonchev–Trinajstić information content (AvgIpc) is 3.36. The maximum atomic E-state index is 13.0. The van der Waals surface area contributed by atoms with Gasteiger partial charge >= 0.3 is 0 Å². The Labute approximate surface area is 208 Å². The molecule has 3 heterocycles. The van der Waals surface area contributed by atoms with E-state index in [4.69, 9.17) is 4.42 Å². The lowest BCUT2D eigenvalue weighted by Gasteiger charge is -2.36. The van der Waals surface area contributed by atoms with Gasteiger partial charge in [-0.05, 0) is 30.9 Å². The van der Waals surface area contributed by atoms with Crippen molar-refractivity contribution in [1.82, 2.24) is 19.7 Å². The number of carbonyl (C=O) groups is 1. The summed E-state index contributed by atoms with van der Waals surface area (Å²) in [5.41, 5.74) is 3.02. The van der Waals surface area contributed by atoms with Gasteiger partial charge in [-0.15, -0.1) is 6.58 Å². The van der Waals surface area contributed by atoms with Crippen LogP contribution in [0.3, 0.4) is 0 Å². The van der Waals surface area contributed by atoms with Gasteiger partial charge in [0.15, 0.2) is 5.69 Å². The molecule has 1 amide bonds. The fraction of sp³-hybridized carbons (Fsp3) is 0.556. The van der Waals surface area contributed by atoms with Crippen LogP contribution in [0.15, 0.2) is 47.6 Å². The predicted octanol–water partition coefficient (Wildman–Crippen LogP) is 2.64. The standard InChI is InChI=1S/C27H39N5O3/c1-3-5-9-23(33)19-29-11-13-30(14-12-29)20-26-28-24(21-35-26)27(34)32-17-15-31(16-18-32)25-10-7-6-8-22(25)4-2/h3,6-8,10,21,23,33H,1,4-5,9,11-20H2,2H3/t23-/m1/s1. The van der Waals surface area contributed by atoms with Gasteiger partial charge in [0.2, 0.25) is 5.89 Å². The van der Waals surface area contributed by atoms with Crippen LogP contribution >= 0.6 is 0 Å². The average molecular weight is 482 g/mol. The summed E-state index contributed by atoms with van der Waals surface area (Å²) in [6.45, 7) is 13.8. The number of aliphatic hydroxyl groups excluding tert-OH is 1. The topological polar surface area (TPSA) is 76.3 Å². The van der Waals surface area contributed by atoms with Crippen molar-refractivity contribution < 1.29 is 14.3 Å². The third kappa shape index (κ3) is 6.72. The molecular formula is C27H39N5O3. The third-order valence-corrected chi connectivity index (χ3v) is 7.05. The summed E-state index contributed by atoms with van der Waals surface area (Å²) in [5, 5.41) is 10.1. The molecule has 190 valence electrons. The largest absolute Gasteiger partial charge is 0.447 e. The minimum Gasteiger partial charge on any atom is -0.447 e. The Balaban J connectivity index is 1.23. The van der Waals surface area contributed by atoms with E-state index in [-0.39, 0.29) is 12.0 Å². The van der Waals surface area contributed by atoms with E-state index >= 15 is 0 Å². The van der Waals surface area contributed by atoms with Crippen molar-refractivity contribution in [2.45, 2.75) is 38.8 Å². The molecular weight excluding hydrogens is 442 g/mol. The molecule has 0 spiro atoms. The van der Waals surface area contributed by atoms with E-state index in [9.17, 15) is 9.90 Å². The number of hydrogen-bond acceptors (Lipinski definition) is 7. The molecule has 8 nitrogen and oxygen atoms in total. The van der Waals surface area contributed by atoms with E-state index in [2.05, 4.69) is 57.5 Å². The van der Waals surface area contributed by atoms with Crippen molar-refractivity contribution in [2.24, 2.45) is 0 Å². The number of oxazole rings is 1. The maximum Gasteiger partial charge on any atom is 0.275 e. The van der Waals surface area contributed by atoms with Gasteiger partial charge in [-0.1, -0.05) is 31.2 Å². The van der Waals surface area contributed by atoms with E-state index < -0.39 is 0 Å². The molecule has 1 N–H and O–H groups in total. The van der Waals surface area contributed by atoms with Crippen LogP contribution in [0.4, 0.5) is 5.69 Å². The van der Waals surface area contributed by atoms with Gasteiger partial charge in [-0.3, -0.25) is 14.6 Å². The van der Waals surface area contributed by atoms with Crippen LogP contribution in [0.1, 0.15) is 41.7 Å². The highest BCUT2D eigenvalue weighted by atomic mass is 16.3. The Morgan fingerprint density at radius 3 is 2.54 bits per heavy atom. The number of aromatic nitrogens is 1. The Bertz CT molecular complexity index is 961. The smallest absolute Gasteiger partial charge is 0.275 e. The number of benzene rings is 1. The number of aryl methyl sites for hydroxylation is 1. The first-order chi connectivity index (χ1) is 17.1. The lowest BCUT2D eigenvalue weighted by atomic mass is 10.1. The number of para-hydroxylation sites is 1. The lowest BCUT2D eigenvalue weighted by Crippen LogP contribution is -2.49. The number of nitrogens with zero attached hydrogens (tertiary/aromatic N) is 5. The Morgan fingerprint density at radius 1 is 1.11 bits per heavy atom. The first kappa shape index (κ1) is 25.4. The van der Waals surface area contributed by atoms with Gasteiger partial charge in [0.1, 0.15) is 6.26 Å². The molecule has 1 atom stereocenters. The number of β-amino-alcohol motifs (C(OH)–C–C–N with tert-alkyl or cyclic N) is 1. The fourth-order valence-corrected chi connectivity index (χ4v) is 4.93. The third-order valence-electron chi connectivity index (χ3n) is 7.05. The lowest BCUT2D eigenvalue weighted by molar-refractivity contribution is 0.0642. The van der Waals surface area contributed by atoms with Crippen LogP contribution in [-0.4, -0.2) is 95.7 Å². The van der Waals surface area contributed by atoms with Crippen LogP contribution in [0.5, 0.6) is 0 Å². The molecule has 35 heavy (non-hydrogen) atoms. The van der Waals surface area contributed by atoms with Gasteiger partial charge in [0, 0.05) is 64.6 Å². The van der Waals surface area contributed by atoms with Crippen LogP contribution in [0, 0.1) is 0 Å².